The van der Waals surface area contributed by atoms with Gasteiger partial charge in [-0.1, -0.05) is 12.5 Å². The highest BCUT2D eigenvalue weighted by molar-refractivity contribution is 6.04. The number of methoxy groups -OCH3 is 2. The van der Waals surface area contributed by atoms with Crippen molar-refractivity contribution in [3.63, 3.8) is 0 Å². The van der Waals surface area contributed by atoms with Crippen LogP contribution >= 0.6 is 0 Å². The first-order valence-corrected chi connectivity index (χ1v) is 11.5. The molecule has 9 heteroatoms. The van der Waals surface area contributed by atoms with Gasteiger partial charge in [0, 0.05) is 44.9 Å². The Morgan fingerprint density at radius 2 is 1.88 bits per heavy atom. The predicted molar refractivity (Wildman–Crippen MR) is 124 cm³/mol. The second-order valence-electron chi connectivity index (χ2n) is 8.54. The Morgan fingerprint density at radius 1 is 1.12 bits per heavy atom. The first kappa shape index (κ1) is 23.5. The van der Waals surface area contributed by atoms with E-state index in [4.69, 9.17) is 9.47 Å². The van der Waals surface area contributed by atoms with Crippen LogP contribution in [0.2, 0.25) is 0 Å². The topological polar surface area (TPSA) is 101 Å². The summed E-state index contributed by atoms with van der Waals surface area (Å²) in [5.74, 6) is 1.06. The second kappa shape index (κ2) is 10.5. The van der Waals surface area contributed by atoms with Crippen molar-refractivity contribution in [3.05, 3.63) is 53.3 Å². The number of hydrogen-bond donors (Lipinski definition) is 1. The SMILES string of the molecule is COc1cc2c(cc1OC)CN1C(=O)N(CCCCCC(=O)NCc3cccnc3)C(=O)[C@H]1C2. The number of amides is 4. The van der Waals surface area contributed by atoms with Crippen LogP contribution in [0.25, 0.3) is 0 Å². The van der Waals surface area contributed by atoms with Crippen LogP contribution in [0.3, 0.4) is 0 Å². The monoisotopic (exact) mass is 466 g/mol. The molecule has 9 nitrogen and oxygen atoms in total. The molecule has 2 aliphatic rings. The number of fused-ring (bicyclic) bond motifs is 2. The van der Waals surface area contributed by atoms with E-state index in [-0.39, 0.29) is 17.8 Å². The van der Waals surface area contributed by atoms with Crippen molar-refractivity contribution in [1.82, 2.24) is 20.1 Å². The van der Waals surface area contributed by atoms with Crippen molar-refractivity contribution in [1.29, 1.82) is 0 Å². The molecule has 34 heavy (non-hydrogen) atoms. The van der Waals surface area contributed by atoms with Gasteiger partial charge in [-0.3, -0.25) is 19.5 Å². The third kappa shape index (κ3) is 4.98. The van der Waals surface area contributed by atoms with Crippen LogP contribution in [-0.4, -0.2) is 59.4 Å². The maximum absolute atomic E-state index is 13.0. The second-order valence-corrected chi connectivity index (χ2v) is 8.54. The van der Waals surface area contributed by atoms with Gasteiger partial charge in [0.1, 0.15) is 6.04 Å². The molecular formula is C25H30N4O5. The lowest BCUT2D eigenvalue weighted by molar-refractivity contribution is -0.128. The van der Waals surface area contributed by atoms with Crippen molar-refractivity contribution in [3.8, 4) is 11.5 Å². The highest BCUT2D eigenvalue weighted by Crippen LogP contribution is 2.37. The summed E-state index contributed by atoms with van der Waals surface area (Å²) in [6.07, 6.45) is 6.43. The Labute approximate surface area is 199 Å². The maximum Gasteiger partial charge on any atom is 0.327 e. The molecule has 0 spiro atoms. The quantitative estimate of drug-likeness (QED) is 0.427. The van der Waals surface area contributed by atoms with Crippen LogP contribution in [0, 0.1) is 0 Å². The first-order chi connectivity index (χ1) is 16.5. The fourth-order valence-electron chi connectivity index (χ4n) is 4.49. The third-order valence-electron chi connectivity index (χ3n) is 6.36. The molecule has 3 heterocycles. The Hall–Kier alpha value is -3.62. The molecule has 4 amide bonds. The van der Waals surface area contributed by atoms with Crippen LogP contribution in [-0.2, 0) is 29.1 Å². The molecule has 1 aromatic carbocycles. The van der Waals surface area contributed by atoms with Gasteiger partial charge in [-0.25, -0.2) is 4.79 Å². The number of nitrogens with one attached hydrogen (secondary N) is 1. The molecule has 4 rings (SSSR count). The van der Waals surface area contributed by atoms with E-state index in [2.05, 4.69) is 10.3 Å². The van der Waals surface area contributed by atoms with E-state index in [9.17, 15) is 14.4 Å². The number of imide groups is 1. The lowest BCUT2D eigenvalue weighted by atomic mass is 9.94. The number of nitrogens with zero attached hydrogens (tertiary/aromatic N) is 3. The Morgan fingerprint density at radius 3 is 2.59 bits per heavy atom. The highest BCUT2D eigenvalue weighted by Gasteiger charge is 2.47. The van der Waals surface area contributed by atoms with Gasteiger partial charge in [0.15, 0.2) is 11.5 Å². The van der Waals surface area contributed by atoms with Gasteiger partial charge in [0.25, 0.3) is 5.91 Å². The number of pyridine rings is 1. The van der Waals surface area contributed by atoms with Gasteiger partial charge in [-0.15, -0.1) is 0 Å². The zero-order valence-electron chi connectivity index (χ0n) is 19.6. The van der Waals surface area contributed by atoms with E-state index in [0.29, 0.717) is 56.8 Å². The van der Waals surface area contributed by atoms with E-state index >= 15 is 0 Å². The minimum Gasteiger partial charge on any atom is -0.493 e. The average molecular weight is 467 g/mol. The lowest BCUT2D eigenvalue weighted by Crippen LogP contribution is -2.40. The minimum absolute atomic E-state index is 0.0158. The maximum atomic E-state index is 13.0. The fraction of sp³-hybridized carbons (Fsp3) is 0.440. The van der Waals surface area contributed by atoms with Crippen LogP contribution in [0.5, 0.6) is 11.5 Å². The summed E-state index contributed by atoms with van der Waals surface area (Å²) in [5, 5.41) is 2.88. The summed E-state index contributed by atoms with van der Waals surface area (Å²) < 4.78 is 10.8. The van der Waals surface area contributed by atoms with Gasteiger partial charge in [0.05, 0.1) is 14.2 Å². The number of aromatic nitrogens is 1. The first-order valence-electron chi connectivity index (χ1n) is 11.5. The van der Waals surface area contributed by atoms with Crippen molar-refractivity contribution in [2.45, 2.75) is 51.2 Å². The molecule has 1 N–H and O–H groups in total. The summed E-state index contributed by atoms with van der Waals surface area (Å²) in [6, 6.07) is 6.80. The van der Waals surface area contributed by atoms with E-state index in [0.717, 1.165) is 23.1 Å². The number of rotatable bonds is 10. The Balaban J connectivity index is 1.24. The molecule has 1 aromatic heterocycles. The van der Waals surface area contributed by atoms with E-state index in [1.807, 2.05) is 24.3 Å². The molecule has 0 aliphatic carbocycles. The van der Waals surface area contributed by atoms with Crippen LogP contribution < -0.4 is 14.8 Å². The number of hydrogen-bond acceptors (Lipinski definition) is 6. The molecule has 0 radical (unpaired) electrons. The number of benzene rings is 1. The summed E-state index contributed by atoms with van der Waals surface area (Å²) >= 11 is 0. The molecule has 0 saturated carbocycles. The average Bonchev–Trinajstić information content (AvgIpc) is 3.09. The Kier molecular flexibility index (Phi) is 7.30. The highest BCUT2D eigenvalue weighted by atomic mass is 16.5. The standard InChI is InChI=1S/C25H30N4O5/c1-33-21-12-18-11-20-24(31)28(25(32)29(20)16-19(18)13-22(21)34-2)10-5-3-4-8-23(30)27-15-17-7-6-9-26-14-17/h6-7,9,12-14,20H,3-5,8,10-11,15-16H2,1-2H3,(H,27,30)/t20-/m1/s1. The number of unbranched alkanes of at least 4 members (excludes halogenated alkanes) is 2. The third-order valence-corrected chi connectivity index (χ3v) is 6.36. The number of ether oxygens (including phenoxy) is 2. The van der Waals surface area contributed by atoms with Crippen molar-refractivity contribution in [2.75, 3.05) is 20.8 Å². The van der Waals surface area contributed by atoms with Crippen molar-refractivity contribution < 1.29 is 23.9 Å². The molecule has 0 unspecified atom stereocenters. The van der Waals surface area contributed by atoms with Crippen molar-refractivity contribution in [2.24, 2.45) is 0 Å². The van der Waals surface area contributed by atoms with E-state index in [1.54, 1.807) is 31.5 Å². The Bertz CT molecular complexity index is 1010. The summed E-state index contributed by atoms with van der Waals surface area (Å²) in [5.41, 5.74) is 2.92. The predicted octanol–water partition coefficient (Wildman–Crippen LogP) is 2.66. The molecule has 2 aromatic rings. The normalized spacial score (nSPS) is 16.8. The van der Waals surface area contributed by atoms with Gasteiger partial charge >= 0.3 is 6.03 Å². The molecule has 180 valence electrons. The molecule has 2 aliphatic heterocycles. The van der Waals surface area contributed by atoms with Crippen LogP contribution in [0.4, 0.5) is 4.79 Å². The molecular weight excluding hydrogens is 436 g/mol. The smallest absolute Gasteiger partial charge is 0.327 e. The summed E-state index contributed by atoms with van der Waals surface area (Å²) in [7, 11) is 3.16. The van der Waals surface area contributed by atoms with Gasteiger partial charge in [-0.05, 0) is 47.7 Å². The zero-order chi connectivity index (χ0) is 24.1. The molecule has 0 bridgehead atoms. The molecule has 1 atom stereocenters. The number of carbonyl (C=O) groups excluding carboxylic acids is 3. The van der Waals surface area contributed by atoms with Crippen LogP contribution in [0.15, 0.2) is 36.7 Å². The zero-order valence-corrected chi connectivity index (χ0v) is 19.6. The molecule has 1 fully saturated rings. The fourth-order valence-corrected chi connectivity index (χ4v) is 4.49. The minimum atomic E-state index is -0.476. The number of carbonyl (C=O) groups is 3. The molecule has 1 saturated heterocycles. The van der Waals surface area contributed by atoms with Gasteiger partial charge in [-0.2, -0.15) is 0 Å². The van der Waals surface area contributed by atoms with Gasteiger partial charge in [0.2, 0.25) is 5.91 Å². The van der Waals surface area contributed by atoms with E-state index in [1.165, 1.54) is 4.90 Å². The summed E-state index contributed by atoms with van der Waals surface area (Å²) in [6.45, 7) is 1.20. The largest absolute Gasteiger partial charge is 0.493 e. The lowest BCUT2D eigenvalue weighted by Gasteiger charge is -2.29. The van der Waals surface area contributed by atoms with E-state index < -0.39 is 6.04 Å². The van der Waals surface area contributed by atoms with Crippen LogP contribution in [0.1, 0.15) is 42.4 Å². The van der Waals surface area contributed by atoms with Gasteiger partial charge < -0.3 is 19.7 Å². The summed E-state index contributed by atoms with van der Waals surface area (Å²) in [4.78, 5) is 45.0. The van der Waals surface area contributed by atoms with Crippen molar-refractivity contribution >= 4 is 17.8 Å². The number of urea groups is 1.